The van der Waals surface area contributed by atoms with Gasteiger partial charge in [-0.3, -0.25) is 0 Å². The number of hydrogen-bond acceptors (Lipinski definition) is 4. The summed E-state index contributed by atoms with van der Waals surface area (Å²) in [5.41, 5.74) is 0.537. The lowest BCUT2D eigenvalue weighted by Crippen LogP contribution is -2.06. The first-order valence-electron chi connectivity index (χ1n) is 4.36. The Labute approximate surface area is 91.1 Å². The SMILES string of the molecule is Cn1c(Cl)cnc1Cn1cc(CO)nn1. The third kappa shape index (κ3) is 2.00. The molecule has 0 saturated carbocycles. The van der Waals surface area contributed by atoms with E-state index >= 15 is 0 Å². The van der Waals surface area contributed by atoms with E-state index in [-0.39, 0.29) is 6.61 Å². The second-order valence-corrected chi connectivity index (χ2v) is 3.51. The van der Waals surface area contributed by atoms with Crippen molar-refractivity contribution in [1.82, 2.24) is 24.5 Å². The molecule has 0 amide bonds. The molecule has 0 fully saturated rings. The van der Waals surface area contributed by atoms with Crippen LogP contribution in [0.3, 0.4) is 0 Å². The summed E-state index contributed by atoms with van der Waals surface area (Å²) in [4.78, 5) is 4.13. The highest BCUT2D eigenvalue weighted by Gasteiger charge is 2.06. The zero-order chi connectivity index (χ0) is 10.8. The second-order valence-electron chi connectivity index (χ2n) is 3.12. The average Bonchev–Trinajstić information content (AvgIpc) is 2.80. The van der Waals surface area contributed by atoms with Crippen LogP contribution >= 0.6 is 11.6 Å². The molecule has 0 aliphatic carbocycles. The quantitative estimate of drug-likeness (QED) is 0.814. The van der Waals surface area contributed by atoms with E-state index in [1.807, 2.05) is 7.05 Å². The van der Waals surface area contributed by atoms with Gasteiger partial charge in [-0.15, -0.1) is 5.10 Å². The number of rotatable bonds is 3. The van der Waals surface area contributed by atoms with Gasteiger partial charge in [-0.1, -0.05) is 16.8 Å². The lowest BCUT2D eigenvalue weighted by molar-refractivity contribution is 0.276. The van der Waals surface area contributed by atoms with Gasteiger partial charge < -0.3 is 9.67 Å². The smallest absolute Gasteiger partial charge is 0.131 e. The lowest BCUT2D eigenvalue weighted by atomic mass is 10.5. The first-order chi connectivity index (χ1) is 7.20. The molecule has 2 aromatic rings. The monoisotopic (exact) mass is 227 g/mol. The lowest BCUT2D eigenvalue weighted by Gasteiger charge is -2.01. The molecule has 0 spiro atoms. The van der Waals surface area contributed by atoms with Crippen LogP contribution < -0.4 is 0 Å². The molecule has 1 N–H and O–H groups in total. The van der Waals surface area contributed by atoms with Gasteiger partial charge in [0.2, 0.25) is 0 Å². The Balaban J connectivity index is 2.18. The van der Waals surface area contributed by atoms with Gasteiger partial charge in [0.25, 0.3) is 0 Å². The van der Waals surface area contributed by atoms with Gasteiger partial charge in [-0.2, -0.15) is 0 Å². The largest absolute Gasteiger partial charge is 0.390 e. The fraction of sp³-hybridized carbons (Fsp3) is 0.375. The molecule has 0 aliphatic heterocycles. The molecular formula is C8H10ClN5O. The van der Waals surface area contributed by atoms with Crippen LogP contribution in [0.15, 0.2) is 12.4 Å². The normalized spacial score (nSPS) is 10.9. The first-order valence-corrected chi connectivity index (χ1v) is 4.74. The van der Waals surface area contributed by atoms with Crippen molar-refractivity contribution < 1.29 is 5.11 Å². The minimum atomic E-state index is -0.110. The van der Waals surface area contributed by atoms with Crippen molar-refractivity contribution in [1.29, 1.82) is 0 Å². The predicted molar refractivity (Wildman–Crippen MR) is 53.3 cm³/mol. The Hall–Kier alpha value is -1.40. The summed E-state index contributed by atoms with van der Waals surface area (Å²) in [6.45, 7) is 0.373. The van der Waals surface area contributed by atoms with E-state index < -0.39 is 0 Å². The Morgan fingerprint density at radius 1 is 1.53 bits per heavy atom. The highest BCUT2D eigenvalue weighted by molar-refractivity contribution is 6.29. The molecule has 2 rings (SSSR count). The second kappa shape index (κ2) is 4.00. The van der Waals surface area contributed by atoms with Crippen molar-refractivity contribution in [3.8, 4) is 0 Å². The molecule has 2 aromatic heterocycles. The summed E-state index contributed by atoms with van der Waals surface area (Å²) in [5, 5.41) is 17.0. The molecule has 0 unspecified atom stereocenters. The van der Waals surface area contributed by atoms with Gasteiger partial charge in [-0.25, -0.2) is 9.67 Å². The summed E-state index contributed by atoms with van der Waals surface area (Å²) in [5.74, 6) is 0.786. The van der Waals surface area contributed by atoms with E-state index in [4.69, 9.17) is 16.7 Å². The third-order valence-electron chi connectivity index (χ3n) is 2.08. The number of nitrogens with zero attached hydrogens (tertiary/aromatic N) is 5. The molecule has 0 radical (unpaired) electrons. The fourth-order valence-corrected chi connectivity index (χ4v) is 1.35. The number of aliphatic hydroxyl groups excluding tert-OH is 1. The van der Waals surface area contributed by atoms with Crippen molar-refractivity contribution in [3.63, 3.8) is 0 Å². The molecule has 0 saturated heterocycles. The molecule has 0 aromatic carbocycles. The van der Waals surface area contributed by atoms with Crippen molar-refractivity contribution >= 4 is 11.6 Å². The number of hydrogen-bond donors (Lipinski definition) is 1. The van der Waals surface area contributed by atoms with E-state index in [2.05, 4.69) is 15.3 Å². The van der Waals surface area contributed by atoms with Crippen LogP contribution in [0.25, 0.3) is 0 Å². The maximum Gasteiger partial charge on any atom is 0.131 e. The molecule has 6 nitrogen and oxygen atoms in total. The van der Waals surface area contributed by atoms with Crippen molar-refractivity contribution in [2.45, 2.75) is 13.2 Å². The zero-order valence-electron chi connectivity index (χ0n) is 8.13. The summed E-state index contributed by atoms with van der Waals surface area (Å²) >= 11 is 5.84. The molecule has 0 bridgehead atoms. The van der Waals surface area contributed by atoms with Gasteiger partial charge in [0.1, 0.15) is 23.2 Å². The molecule has 0 aliphatic rings. The van der Waals surface area contributed by atoms with Crippen molar-refractivity contribution in [2.75, 3.05) is 0 Å². The van der Waals surface area contributed by atoms with Crippen LogP contribution in [0.2, 0.25) is 5.15 Å². The van der Waals surface area contributed by atoms with Gasteiger partial charge in [0, 0.05) is 7.05 Å². The Kier molecular flexibility index (Phi) is 2.70. The maximum absolute atomic E-state index is 8.82. The van der Waals surface area contributed by atoms with E-state index in [0.29, 0.717) is 17.4 Å². The Morgan fingerprint density at radius 2 is 2.33 bits per heavy atom. The van der Waals surface area contributed by atoms with E-state index in [0.717, 1.165) is 5.82 Å². The van der Waals surface area contributed by atoms with E-state index in [9.17, 15) is 0 Å². The number of aromatic nitrogens is 5. The zero-order valence-corrected chi connectivity index (χ0v) is 8.89. The predicted octanol–water partition coefficient (Wildman–Crippen LogP) is 0.206. The average molecular weight is 228 g/mol. The Bertz CT molecular complexity index is 463. The minimum Gasteiger partial charge on any atom is -0.390 e. The number of imidazole rings is 1. The Morgan fingerprint density at radius 3 is 2.87 bits per heavy atom. The third-order valence-corrected chi connectivity index (χ3v) is 2.43. The molecule has 0 atom stereocenters. The van der Waals surface area contributed by atoms with Gasteiger partial charge >= 0.3 is 0 Å². The highest BCUT2D eigenvalue weighted by Crippen LogP contribution is 2.09. The highest BCUT2D eigenvalue weighted by atomic mass is 35.5. The van der Waals surface area contributed by atoms with Crippen LogP contribution in [-0.2, 0) is 20.2 Å². The summed E-state index contributed by atoms with van der Waals surface area (Å²) in [7, 11) is 1.83. The molecule has 80 valence electrons. The maximum atomic E-state index is 8.82. The van der Waals surface area contributed by atoms with Gasteiger partial charge in [-0.05, 0) is 0 Å². The molecule has 7 heteroatoms. The molecular weight excluding hydrogens is 218 g/mol. The van der Waals surface area contributed by atoms with Crippen molar-refractivity contribution in [3.05, 3.63) is 29.1 Å². The van der Waals surface area contributed by atoms with E-state index in [1.54, 1.807) is 21.6 Å². The van der Waals surface area contributed by atoms with E-state index in [1.165, 1.54) is 0 Å². The fourth-order valence-electron chi connectivity index (χ4n) is 1.20. The molecule has 2 heterocycles. The first kappa shape index (κ1) is 10.1. The summed E-state index contributed by atoms with van der Waals surface area (Å²) in [6, 6.07) is 0. The summed E-state index contributed by atoms with van der Waals surface area (Å²) < 4.78 is 3.37. The van der Waals surface area contributed by atoms with Gasteiger partial charge in [0.15, 0.2) is 0 Å². The summed E-state index contributed by atoms with van der Waals surface area (Å²) in [6.07, 6.45) is 3.25. The minimum absolute atomic E-state index is 0.110. The standard InChI is InChI=1S/C8H10ClN5O/c1-13-7(9)2-10-8(13)4-14-3-6(5-15)11-12-14/h2-3,15H,4-5H2,1H3. The van der Waals surface area contributed by atoms with Crippen LogP contribution in [-0.4, -0.2) is 29.7 Å². The van der Waals surface area contributed by atoms with Crippen LogP contribution in [0.1, 0.15) is 11.5 Å². The van der Waals surface area contributed by atoms with Gasteiger partial charge in [0.05, 0.1) is 19.0 Å². The number of halogens is 1. The topological polar surface area (TPSA) is 68.8 Å². The number of aliphatic hydroxyl groups is 1. The van der Waals surface area contributed by atoms with Crippen molar-refractivity contribution in [2.24, 2.45) is 7.05 Å². The molecule has 15 heavy (non-hydrogen) atoms. The van der Waals surface area contributed by atoms with Crippen LogP contribution in [0.4, 0.5) is 0 Å². The van der Waals surface area contributed by atoms with Crippen LogP contribution in [0.5, 0.6) is 0 Å². The van der Waals surface area contributed by atoms with Crippen LogP contribution in [0, 0.1) is 0 Å².